The summed E-state index contributed by atoms with van der Waals surface area (Å²) in [5.41, 5.74) is 11.7. The van der Waals surface area contributed by atoms with Gasteiger partial charge in [-0.1, -0.05) is 47.5 Å². The normalized spacial score (nSPS) is 10.3. The van der Waals surface area contributed by atoms with E-state index < -0.39 is 29.0 Å². The molecule has 4 rings (SSSR count). The lowest BCUT2D eigenvalue weighted by Crippen LogP contribution is -2.07. The fourth-order valence-electron chi connectivity index (χ4n) is 3.26. The van der Waals surface area contributed by atoms with Gasteiger partial charge in [0, 0.05) is 45.8 Å². The average molecular weight is 547 g/mol. The van der Waals surface area contributed by atoms with Crippen LogP contribution in [0.15, 0.2) is 72.8 Å². The molecule has 5 nitrogen and oxygen atoms in total. The predicted molar refractivity (Wildman–Crippen MR) is 138 cm³/mol. The zero-order valence-electron chi connectivity index (χ0n) is 19.2. The van der Waals surface area contributed by atoms with E-state index in [-0.39, 0.29) is 44.4 Å². The number of benzene rings is 4. The van der Waals surface area contributed by atoms with Crippen LogP contribution in [0.5, 0.6) is 5.75 Å². The number of anilines is 2. The third-order valence-electron chi connectivity index (χ3n) is 5.14. The number of carbonyl (C=O) groups is 2. The number of ether oxygens (including phenoxy) is 1. The van der Waals surface area contributed by atoms with E-state index in [2.05, 4.69) is 0 Å². The molecule has 0 saturated carbocycles. The van der Waals surface area contributed by atoms with Crippen molar-refractivity contribution in [1.82, 2.24) is 0 Å². The second kappa shape index (κ2) is 11.8. The molecule has 0 fully saturated rings. The Labute approximate surface area is 220 Å². The molecule has 0 radical (unpaired) electrons. The molecule has 0 atom stereocenters. The van der Waals surface area contributed by atoms with E-state index in [4.69, 9.17) is 39.4 Å². The predicted octanol–water partition coefficient (Wildman–Crippen LogP) is 6.73. The highest BCUT2D eigenvalue weighted by atomic mass is 35.5. The molecular formula is C27H19Cl2F3N2O3. The highest BCUT2D eigenvalue weighted by Crippen LogP contribution is 2.28. The van der Waals surface area contributed by atoms with Gasteiger partial charge in [0.1, 0.15) is 0 Å². The highest BCUT2D eigenvalue weighted by Gasteiger charge is 2.19. The summed E-state index contributed by atoms with van der Waals surface area (Å²) in [6.07, 6.45) is 0. The van der Waals surface area contributed by atoms with E-state index in [1.807, 2.05) is 0 Å². The molecule has 0 amide bonds. The first-order chi connectivity index (χ1) is 17.5. The minimum Gasteiger partial charge on any atom is -0.494 e. The lowest BCUT2D eigenvalue weighted by Gasteiger charge is -2.09. The Kier molecular flexibility index (Phi) is 8.81. The molecule has 0 unspecified atom stereocenters. The second-order valence-corrected chi connectivity index (χ2v) is 8.36. The zero-order valence-corrected chi connectivity index (χ0v) is 20.7. The van der Waals surface area contributed by atoms with E-state index in [1.165, 1.54) is 25.3 Å². The molecule has 37 heavy (non-hydrogen) atoms. The third kappa shape index (κ3) is 6.22. The summed E-state index contributed by atoms with van der Waals surface area (Å²) in [5, 5.41) is 0.523. The number of hydrogen-bond acceptors (Lipinski definition) is 5. The minimum atomic E-state index is -1.13. The number of hydrogen-bond donors (Lipinski definition) is 2. The average Bonchev–Trinajstić information content (AvgIpc) is 2.87. The number of nitrogens with two attached hydrogens (primary N) is 2. The molecule has 0 aliphatic heterocycles. The Morgan fingerprint density at radius 2 is 1.05 bits per heavy atom. The molecule has 0 aromatic heterocycles. The molecular weight excluding hydrogens is 528 g/mol. The van der Waals surface area contributed by atoms with Crippen LogP contribution in [0.2, 0.25) is 10.0 Å². The first-order valence-electron chi connectivity index (χ1n) is 10.5. The smallest absolute Gasteiger partial charge is 0.196 e. The van der Waals surface area contributed by atoms with Crippen molar-refractivity contribution >= 4 is 46.1 Å². The van der Waals surface area contributed by atoms with Gasteiger partial charge in [0.25, 0.3) is 0 Å². The Morgan fingerprint density at radius 1 is 0.649 bits per heavy atom. The van der Waals surface area contributed by atoms with Crippen LogP contribution in [0.4, 0.5) is 24.5 Å². The van der Waals surface area contributed by atoms with Crippen molar-refractivity contribution in [1.29, 1.82) is 0 Å². The van der Waals surface area contributed by atoms with E-state index in [9.17, 15) is 22.8 Å². The summed E-state index contributed by atoms with van der Waals surface area (Å²) in [6.45, 7) is 0. The fraction of sp³-hybridized carbons (Fsp3) is 0.0370. The second-order valence-electron chi connectivity index (χ2n) is 7.55. The van der Waals surface area contributed by atoms with Gasteiger partial charge in [-0.25, -0.2) is 13.2 Å². The quantitative estimate of drug-likeness (QED) is 0.213. The summed E-state index contributed by atoms with van der Waals surface area (Å²) in [4.78, 5) is 24.4. The van der Waals surface area contributed by atoms with Gasteiger partial charge in [-0.2, -0.15) is 0 Å². The van der Waals surface area contributed by atoms with Crippen LogP contribution in [-0.2, 0) is 0 Å². The van der Waals surface area contributed by atoms with Crippen LogP contribution in [0.25, 0.3) is 0 Å². The SMILES string of the molecule is COc1cc(N)c(C(=O)c2ccccc2Cl)cc1F.Nc1cc(F)c(F)cc1C(=O)c1ccccc1Cl. The summed E-state index contributed by atoms with van der Waals surface area (Å²) in [6, 6.07) is 16.7. The van der Waals surface area contributed by atoms with Crippen LogP contribution in [0.1, 0.15) is 31.8 Å². The molecule has 0 saturated heterocycles. The number of ketones is 2. The summed E-state index contributed by atoms with van der Waals surface area (Å²) >= 11 is 11.8. The molecule has 4 N–H and O–H groups in total. The Hall–Kier alpha value is -4.01. The van der Waals surface area contributed by atoms with Crippen LogP contribution in [0, 0.1) is 17.5 Å². The molecule has 0 heterocycles. The number of halogens is 5. The monoisotopic (exact) mass is 546 g/mol. The van der Waals surface area contributed by atoms with Gasteiger partial charge >= 0.3 is 0 Å². The van der Waals surface area contributed by atoms with Gasteiger partial charge in [-0.15, -0.1) is 0 Å². The topological polar surface area (TPSA) is 95.4 Å². The Morgan fingerprint density at radius 3 is 1.51 bits per heavy atom. The highest BCUT2D eigenvalue weighted by molar-refractivity contribution is 6.35. The van der Waals surface area contributed by atoms with Gasteiger partial charge in [0.2, 0.25) is 0 Å². The number of rotatable bonds is 5. The van der Waals surface area contributed by atoms with Crippen molar-refractivity contribution in [3.05, 3.63) is 123 Å². The fourth-order valence-corrected chi connectivity index (χ4v) is 3.71. The summed E-state index contributed by atoms with van der Waals surface area (Å²) < 4.78 is 44.5. The van der Waals surface area contributed by atoms with Crippen molar-refractivity contribution in [3.8, 4) is 5.75 Å². The van der Waals surface area contributed by atoms with E-state index in [0.29, 0.717) is 5.02 Å². The van der Waals surface area contributed by atoms with Crippen LogP contribution >= 0.6 is 23.2 Å². The number of nitrogen functional groups attached to an aromatic ring is 2. The molecule has 4 aromatic rings. The van der Waals surface area contributed by atoms with Gasteiger partial charge in [0.05, 0.1) is 17.2 Å². The van der Waals surface area contributed by atoms with E-state index >= 15 is 0 Å². The van der Waals surface area contributed by atoms with Crippen molar-refractivity contribution < 1.29 is 27.5 Å². The molecule has 0 bridgehead atoms. The van der Waals surface area contributed by atoms with Crippen LogP contribution in [-0.4, -0.2) is 18.7 Å². The zero-order chi connectivity index (χ0) is 27.3. The number of carbonyl (C=O) groups excluding carboxylic acids is 2. The van der Waals surface area contributed by atoms with Crippen molar-refractivity contribution in [2.75, 3.05) is 18.6 Å². The molecule has 190 valence electrons. The van der Waals surface area contributed by atoms with Gasteiger partial charge in [-0.3, -0.25) is 9.59 Å². The van der Waals surface area contributed by atoms with Gasteiger partial charge in [-0.05, 0) is 36.4 Å². The molecule has 0 spiro atoms. The minimum absolute atomic E-state index is 0.00629. The standard InChI is InChI=1S/C14H11ClFNO2.C13H8ClF2NO/c1-19-13-7-12(17)9(6-11(13)16)14(18)8-4-2-3-5-10(8)15;14-9-4-2-1-3-7(9)13(18)8-5-10(15)11(16)6-12(8)17/h2-7H,17H2,1H3;1-6H,17H2. The molecule has 0 aliphatic carbocycles. The maximum atomic E-state index is 13.6. The van der Waals surface area contributed by atoms with Crippen LogP contribution < -0.4 is 16.2 Å². The largest absolute Gasteiger partial charge is 0.494 e. The third-order valence-corrected chi connectivity index (χ3v) is 5.80. The maximum absolute atomic E-state index is 13.6. The van der Waals surface area contributed by atoms with Crippen molar-refractivity contribution in [2.24, 2.45) is 0 Å². The molecule has 0 aliphatic rings. The maximum Gasteiger partial charge on any atom is 0.196 e. The van der Waals surface area contributed by atoms with Crippen molar-refractivity contribution in [2.45, 2.75) is 0 Å². The Bertz CT molecular complexity index is 1500. The lowest BCUT2D eigenvalue weighted by molar-refractivity contribution is 0.103. The van der Waals surface area contributed by atoms with E-state index in [0.717, 1.165) is 18.2 Å². The first-order valence-corrected chi connectivity index (χ1v) is 11.3. The van der Waals surface area contributed by atoms with Crippen LogP contribution in [0.3, 0.4) is 0 Å². The molecule has 4 aromatic carbocycles. The lowest BCUT2D eigenvalue weighted by atomic mass is 10.0. The van der Waals surface area contributed by atoms with Gasteiger partial charge < -0.3 is 16.2 Å². The van der Waals surface area contributed by atoms with E-state index in [1.54, 1.807) is 36.4 Å². The van der Waals surface area contributed by atoms with Gasteiger partial charge in [0.15, 0.2) is 34.8 Å². The summed E-state index contributed by atoms with van der Waals surface area (Å²) in [5.74, 6) is -3.84. The number of methoxy groups -OCH3 is 1. The Balaban J connectivity index is 0.000000206. The summed E-state index contributed by atoms with van der Waals surface area (Å²) in [7, 11) is 1.33. The molecule has 10 heteroatoms. The van der Waals surface area contributed by atoms with Crippen molar-refractivity contribution in [3.63, 3.8) is 0 Å². The first kappa shape index (κ1) is 27.6.